The largest absolute Gasteiger partial charge is 0.466 e. The highest BCUT2D eigenvalue weighted by Crippen LogP contribution is 2.09. The molecule has 0 aliphatic rings. The van der Waals surface area contributed by atoms with Gasteiger partial charge in [-0.3, -0.25) is 0 Å². The zero-order chi connectivity index (χ0) is 9.97. The van der Waals surface area contributed by atoms with Crippen molar-refractivity contribution in [3.63, 3.8) is 0 Å². The topological polar surface area (TPSA) is 39.9 Å². The zero-order valence-electron chi connectivity index (χ0n) is 7.51. The molecule has 1 aromatic heterocycles. The van der Waals surface area contributed by atoms with Gasteiger partial charge in [0.1, 0.15) is 12.1 Å². The summed E-state index contributed by atoms with van der Waals surface area (Å²) in [5, 5.41) is 3.99. The molecule has 0 N–H and O–H groups in total. The fourth-order valence-corrected chi connectivity index (χ4v) is 1.06. The van der Waals surface area contributed by atoms with Crippen LogP contribution in [-0.4, -0.2) is 21.9 Å². The second-order valence-electron chi connectivity index (χ2n) is 2.65. The van der Waals surface area contributed by atoms with E-state index in [4.69, 9.17) is 4.74 Å². The molecular weight excluding hydrogens is 185 g/mol. The van der Waals surface area contributed by atoms with Crippen molar-refractivity contribution in [3.05, 3.63) is 36.4 Å². The normalized spacial score (nSPS) is 10.1. The molecule has 0 aliphatic carbocycles. The van der Waals surface area contributed by atoms with Crippen LogP contribution in [-0.2, 0) is 0 Å². The van der Waals surface area contributed by atoms with E-state index in [0.29, 0.717) is 0 Å². The first-order valence-corrected chi connectivity index (χ1v) is 4.01. The van der Waals surface area contributed by atoms with Crippen LogP contribution in [0.2, 0.25) is 0 Å². The monoisotopic (exact) mass is 193 g/mol. The molecule has 2 aromatic rings. The quantitative estimate of drug-likeness (QED) is 0.724. The van der Waals surface area contributed by atoms with Crippen LogP contribution in [0.4, 0.5) is 4.39 Å². The van der Waals surface area contributed by atoms with E-state index in [2.05, 4.69) is 10.1 Å². The fourth-order valence-electron chi connectivity index (χ4n) is 1.06. The van der Waals surface area contributed by atoms with Crippen LogP contribution in [0.1, 0.15) is 0 Å². The average Bonchev–Trinajstić information content (AvgIpc) is 2.67. The number of benzene rings is 1. The summed E-state index contributed by atoms with van der Waals surface area (Å²) in [5.41, 5.74) is 0.738. The molecule has 0 unspecified atom stereocenters. The highest BCUT2D eigenvalue weighted by molar-refractivity contribution is 5.30. The first-order chi connectivity index (χ1) is 6.79. The molecule has 0 saturated heterocycles. The maximum absolute atomic E-state index is 12.6. The lowest BCUT2D eigenvalue weighted by molar-refractivity contribution is 0.380. The van der Waals surface area contributed by atoms with E-state index in [1.165, 1.54) is 30.3 Å². The van der Waals surface area contributed by atoms with E-state index >= 15 is 0 Å². The van der Waals surface area contributed by atoms with E-state index in [9.17, 15) is 4.39 Å². The number of halogens is 1. The summed E-state index contributed by atoms with van der Waals surface area (Å²) < 4.78 is 18.9. The van der Waals surface area contributed by atoms with Crippen LogP contribution in [0.3, 0.4) is 0 Å². The Balaban J connectivity index is 2.34. The van der Waals surface area contributed by atoms with Gasteiger partial charge in [-0.25, -0.2) is 9.07 Å². The molecule has 2 rings (SSSR count). The number of methoxy groups -OCH3 is 1. The molecule has 5 heteroatoms. The molecule has 0 spiro atoms. The van der Waals surface area contributed by atoms with E-state index in [0.717, 1.165) is 5.69 Å². The maximum atomic E-state index is 12.6. The fraction of sp³-hybridized carbons (Fsp3) is 0.111. The second-order valence-corrected chi connectivity index (χ2v) is 2.65. The summed E-state index contributed by atoms with van der Waals surface area (Å²) in [7, 11) is 1.49. The highest BCUT2D eigenvalue weighted by Gasteiger charge is 2.01. The van der Waals surface area contributed by atoms with Crippen molar-refractivity contribution in [1.82, 2.24) is 14.8 Å². The Bertz CT molecular complexity index is 424. The second kappa shape index (κ2) is 3.45. The standard InChI is InChI=1S/C9H8FN3O/c1-14-9-11-6-13(12-9)8-4-2-7(10)3-5-8/h2-6H,1H3. The minimum atomic E-state index is -0.277. The van der Waals surface area contributed by atoms with Crippen molar-refractivity contribution < 1.29 is 9.13 Å². The minimum absolute atomic E-state index is 0.277. The Labute approximate surface area is 80.0 Å². The van der Waals surface area contributed by atoms with Gasteiger partial charge in [0.25, 0.3) is 0 Å². The van der Waals surface area contributed by atoms with Gasteiger partial charge in [-0.15, -0.1) is 5.10 Å². The summed E-state index contributed by atoms with van der Waals surface area (Å²) in [6, 6.07) is 6.24. The molecule has 72 valence electrons. The third kappa shape index (κ3) is 1.56. The molecule has 0 saturated carbocycles. The maximum Gasteiger partial charge on any atom is 0.335 e. The van der Waals surface area contributed by atoms with Gasteiger partial charge >= 0.3 is 6.01 Å². The third-order valence-electron chi connectivity index (χ3n) is 1.74. The van der Waals surface area contributed by atoms with Gasteiger partial charge in [0, 0.05) is 0 Å². The lowest BCUT2D eigenvalue weighted by Gasteiger charge is -1.98. The zero-order valence-corrected chi connectivity index (χ0v) is 7.51. The lowest BCUT2D eigenvalue weighted by atomic mass is 10.3. The molecule has 1 heterocycles. The number of ether oxygens (including phenoxy) is 1. The van der Waals surface area contributed by atoms with Crippen molar-refractivity contribution in [3.8, 4) is 11.7 Å². The Morgan fingerprint density at radius 2 is 2.00 bits per heavy atom. The molecule has 0 radical (unpaired) electrons. The van der Waals surface area contributed by atoms with Gasteiger partial charge in [-0.2, -0.15) is 4.98 Å². The first kappa shape index (κ1) is 8.68. The van der Waals surface area contributed by atoms with Gasteiger partial charge in [0.15, 0.2) is 0 Å². The molecule has 14 heavy (non-hydrogen) atoms. The van der Waals surface area contributed by atoms with Crippen LogP contribution in [0, 0.1) is 5.82 Å². The Morgan fingerprint density at radius 1 is 1.29 bits per heavy atom. The van der Waals surface area contributed by atoms with Crippen LogP contribution < -0.4 is 4.74 Å². The van der Waals surface area contributed by atoms with Crippen LogP contribution >= 0.6 is 0 Å². The van der Waals surface area contributed by atoms with Gasteiger partial charge in [0.2, 0.25) is 0 Å². The summed E-state index contributed by atoms with van der Waals surface area (Å²) in [5.74, 6) is -0.277. The molecule has 0 fully saturated rings. The number of hydrogen-bond donors (Lipinski definition) is 0. The van der Waals surface area contributed by atoms with Crippen molar-refractivity contribution >= 4 is 0 Å². The first-order valence-electron chi connectivity index (χ1n) is 4.01. The molecule has 0 atom stereocenters. The van der Waals surface area contributed by atoms with Gasteiger partial charge < -0.3 is 4.74 Å². The van der Waals surface area contributed by atoms with Crippen LogP contribution in [0.25, 0.3) is 5.69 Å². The van der Waals surface area contributed by atoms with Crippen molar-refractivity contribution in [2.24, 2.45) is 0 Å². The predicted octanol–water partition coefficient (Wildman–Crippen LogP) is 1.41. The lowest BCUT2D eigenvalue weighted by Crippen LogP contribution is -1.95. The Hall–Kier alpha value is -1.91. The number of hydrogen-bond acceptors (Lipinski definition) is 3. The van der Waals surface area contributed by atoms with Gasteiger partial charge in [-0.1, -0.05) is 0 Å². The number of nitrogens with zero attached hydrogens (tertiary/aromatic N) is 3. The number of aromatic nitrogens is 3. The third-order valence-corrected chi connectivity index (χ3v) is 1.74. The van der Waals surface area contributed by atoms with E-state index in [-0.39, 0.29) is 11.8 Å². The van der Waals surface area contributed by atoms with Crippen LogP contribution in [0.5, 0.6) is 6.01 Å². The van der Waals surface area contributed by atoms with Gasteiger partial charge in [-0.05, 0) is 24.3 Å². The van der Waals surface area contributed by atoms with E-state index in [1.54, 1.807) is 12.1 Å². The molecule has 0 amide bonds. The predicted molar refractivity (Wildman–Crippen MR) is 47.9 cm³/mol. The van der Waals surface area contributed by atoms with E-state index < -0.39 is 0 Å². The molecule has 0 aliphatic heterocycles. The minimum Gasteiger partial charge on any atom is -0.466 e. The molecule has 0 bridgehead atoms. The Kier molecular flexibility index (Phi) is 2.14. The SMILES string of the molecule is COc1ncn(-c2ccc(F)cc2)n1. The Morgan fingerprint density at radius 3 is 2.57 bits per heavy atom. The molecular formula is C9H8FN3O. The summed E-state index contributed by atoms with van der Waals surface area (Å²) in [6.07, 6.45) is 1.51. The summed E-state index contributed by atoms with van der Waals surface area (Å²) in [4.78, 5) is 3.87. The van der Waals surface area contributed by atoms with Crippen LogP contribution in [0.15, 0.2) is 30.6 Å². The van der Waals surface area contributed by atoms with Gasteiger partial charge in [0.05, 0.1) is 12.8 Å². The number of rotatable bonds is 2. The molecule has 4 nitrogen and oxygen atoms in total. The van der Waals surface area contributed by atoms with Crippen molar-refractivity contribution in [1.29, 1.82) is 0 Å². The summed E-state index contributed by atoms with van der Waals surface area (Å²) in [6.45, 7) is 0. The average molecular weight is 193 g/mol. The molecule has 1 aromatic carbocycles. The van der Waals surface area contributed by atoms with E-state index in [1.807, 2.05) is 0 Å². The van der Waals surface area contributed by atoms with Crippen molar-refractivity contribution in [2.75, 3.05) is 7.11 Å². The highest BCUT2D eigenvalue weighted by atomic mass is 19.1. The smallest absolute Gasteiger partial charge is 0.335 e. The summed E-state index contributed by atoms with van der Waals surface area (Å²) >= 11 is 0. The van der Waals surface area contributed by atoms with Crippen molar-refractivity contribution in [2.45, 2.75) is 0 Å².